The fourth-order valence-corrected chi connectivity index (χ4v) is 2.53. The third-order valence-electron chi connectivity index (χ3n) is 3.72. The molecule has 0 fully saturated rings. The van der Waals surface area contributed by atoms with E-state index in [1.165, 1.54) is 4.68 Å². The molecule has 27 heavy (non-hydrogen) atoms. The Hall–Kier alpha value is -4.02. The predicted octanol–water partition coefficient (Wildman–Crippen LogP) is 3.14. The van der Waals surface area contributed by atoms with Gasteiger partial charge in [-0.05, 0) is 24.3 Å². The van der Waals surface area contributed by atoms with Crippen molar-refractivity contribution in [1.82, 2.24) is 25.0 Å². The third kappa shape index (κ3) is 2.90. The number of rotatable bonds is 4. The molecule has 9 nitrogen and oxygen atoms in total. The lowest BCUT2D eigenvalue weighted by Crippen LogP contribution is -2.09. The predicted molar refractivity (Wildman–Crippen MR) is 90.8 cm³/mol. The summed E-state index contributed by atoms with van der Waals surface area (Å²) in [5.41, 5.74) is 0.140. The van der Waals surface area contributed by atoms with Gasteiger partial charge >= 0.3 is 5.69 Å². The molecule has 0 bridgehead atoms. The van der Waals surface area contributed by atoms with Gasteiger partial charge in [-0.1, -0.05) is 17.3 Å². The molecule has 0 aliphatic heterocycles. The van der Waals surface area contributed by atoms with Crippen LogP contribution in [-0.4, -0.2) is 29.9 Å². The summed E-state index contributed by atoms with van der Waals surface area (Å²) < 4.78 is 28.5. The number of nitrogens with zero attached hydrogens (tertiary/aromatic N) is 6. The van der Waals surface area contributed by atoms with E-state index in [0.29, 0.717) is 11.0 Å². The van der Waals surface area contributed by atoms with Gasteiger partial charge in [0.25, 0.3) is 0 Å². The number of fused-ring (bicyclic) bond motifs is 1. The first-order valence-electron chi connectivity index (χ1n) is 7.57. The van der Waals surface area contributed by atoms with Crippen LogP contribution in [-0.2, 0) is 0 Å². The quantitative estimate of drug-likeness (QED) is 0.434. The molecule has 0 saturated heterocycles. The molecular weight excluding hydrogens is 360 g/mol. The molecule has 0 unspecified atom stereocenters. The summed E-state index contributed by atoms with van der Waals surface area (Å²) in [6.45, 7) is 0. The van der Waals surface area contributed by atoms with Crippen LogP contribution >= 0.6 is 0 Å². The molecule has 2 heterocycles. The summed E-state index contributed by atoms with van der Waals surface area (Å²) >= 11 is 0. The van der Waals surface area contributed by atoms with Gasteiger partial charge in [0.15, 0.2) is 0 Å². The van der Waals surface area contributed by atoms with Crippen LogP contribution < -0.4 is 5.32 Å². The number of anilines is 2. The molecule has 4 aromatic rings. The Balaban J connectivity index is 1.88. The maximum Gasteiger partial charge on any atom is 0.356 e. The molecule has 2 aromatic carbocycles. The van der Waals surface area contributed by atoms with Crippen LogP contribution in [0.15, 0.2) is 48.8 Å². The van der Waals surface area contributed by atoms with Crippen molar-refractivity contribution in [2.24, 2.45) is 0 Å². The van der Waals surface area contributed by atoms with Crippen LogP contribution in [0.1, 0.15) is 0 Å². The number of para-hydroxylation sites is 1. The van der Waals surface area contributed by atoms with Gasteiger partial charge in [0.05, 0.1) is 16.1 Å². The molecule has 11 heteroatoms. The molecule has 0 atom stereocenters. The second kappa shape index (κ2) is 6.37. The molecule has 0 aliphatic rings. The molecule has 134 valence electrons. The van der Waals surface area contributed by atoms with Gasteiger partial charge in [-0.3, -0.25) is 10.1 Å². The average Bonchev–Trinajstić information content (AvgIpc) is 3.08. The first kappa shape index (κ1) is 16.4. The molecule has 0 amide bonds. The highest BCUT2D eigenvalue weighted by Gasteiger charge is 2.27. The van der Waals surface area contributed by atoms with Crippen molar-refractivity contribution in [2.75, 3.05) is 5.32 Å². The number of hydrogen-bond acceptors (Lipinski definition) is 7. The molecule has 0 saturated carbocycles. The zero-order chi connectivity index (χ0) is 19.0. The SMILES string of the molecule is O=[N+]([O-])c1c(Nc2cc(F)ccc2F)ncnc1-n1nnc2ccccc21. The Kier molecular flexibility index (Phi) is 3.88. The summed E-state index contributed by atoms with van der Waals surface area (Å²) in [6, 6.07) is 9.52. The minimum absolute atomic E-state index is 0.164. The monoisotopic (exact) mass is 369 g/mol. The van der Waals surface area contributed by atoms with E-state index in [0.717, 1.165) is 24.5 Å². The number of halogens is 2. The van der Waals surface area contributed by atoms with Crippen molar-refractivity contribution in [3.8, 4) is 5.82 Å². The van der Waals surface area contributed by atoms with Crippen molar-refractivity contribution in [2.45, 2.75) is 0 Å². The normalized spacial score (nSPS) is 10.9. The van der Waals surface area contributed by atoms with Gasteiger partial charge in [0.1, 0.15) is 23.5 Å². The van der Waals surface area contributed by atoms with Crippen molar-refractivity contribution < 1.29 is 13.7 Å². The Labute approximate surface area is 149 Å². The lowest BCUT2D eigenvalue weighted by Gasteiger charge is -2.09. The molecular formula is C16H9F2N7O2. The summed E-state index contributed by atoms with van der Waals surface area (Å²) in [4.78, 5) is 18.7. The highest BCUT2D eigenvalue weighted by atomic mass is 19.1. The van der Waals surface area contributed by atoms with E-state index < -0.39 is 22.2 Å². The van der Waals surface area contributed by atoms with Crippen molar-refractivity contribution in [3.63, 3.8) is 0 Å². The van der Waals surface area contributed by atoms with Gasteiger partial charge in [0, 0.05) is 6.07 Å². The smallest absolute Gasteiger partial charge is 0.332 e. The highest BCUT2D eigenvalue weighted by Crippen LogP contribution is 2.32. The van der Waals surface area contributed by atoms with E-state index >= 15 is 0 Å². The van der Waals surface area contributed by atoms with Crippen LogP contribution in [0.25, 0.3) is 16.9 Å². The van der Waals surface area contributed by atoms with E-state index in [1.807, 2.05) is 0 Å². The Morgan fingerprint density at radius 1 is 1.11 bits per heavy atom. The molecule has 0 radical (unpaired) electrons. The van der Waals surface area contributed by atoms with Crippen LogP contribution in [0.2, 0.25) is 0 Å². The largest absolute Gasteiger partial charge is 0.356 e. The van der Waals surface area contributed by atoms with Crippen molar-refractivity contribution >= 4 is 28.2 Å². The number of benzene rings is 2. The van der Waals surface area contributed by atoms with E-state index in [4.69, 9.17) is 0 Å². The lowest BCUT2D eigenvalue weighted by molar-refractivity contribution is -0.384. The average molecular weight is 369 g/mol. The molecule has 0 aliphatic carbocycles. The maximum absolute atomic E-state index is 13.9. The molecule has 4 rings (SSSR count). The van der Waals surface area contributed by atoms with Crippen molar-refractivity contribution in [1.29, 1.82) is 0 Å². The fourth-order valence-electron chi connectivity index (χ4n) is 2.53. The first-order chi connectivity index (χ1) is 13.0. The van der Waals surface area contributed by atoms with E-state index in [-0.39, 0.29) is 17.3 Å². The zero-order valence-corrected chi connectivity index (χ0v) is 13.4. The summed E-state index contributed by atoms with van der Waals surface area (Å²) in [6.07, 6.45) is 1.05. The Bertz CT molecular complexity index is 1180. The first-order valence-corrected chi connectivity index (χ1v) is 7.57. The topological polar surface area (TPSA) is 112 Å². The number of nitrogens with one attached hydrogen (secondary N) is 1. The van der Waals surface area contributed by atoms with Crippen LogP contribution in [0.3, 0.4) is 0 Å². The summed E-state index contributed by atoms with van der Waals surface area (Å²) in [5, 5.41) is 21.9. The molecule has 2 aromatic heterocycles. The van der Waals surface area contributed by atoms with Gasteiger partial charge in [-0.25, -0.2) is 18.7 Å². The Morgan fingerprint density at radius 2 is 1.93 bits per heavy atom. The maximum atomic E-state index is 13.9. The standard InChI is InChI=1S/C16H9F2N7O2/c17-9-5-6-10(18)12(7-9)21-15-14(25(26)27)16(20-8-19-15)24-13-4-2-1-3-11(13)22-23-24/h1-8H,(H,19,20,21). The van der Waals surface area contributed by atoms with Gasteiger partial charge in [-0.15, -0.1) is 5.10 Å². The van der Waals surface area contributed by atoms with Gasteiger partial charge in [-0.2, -0.15) is 4.68 Å². The second-order valence-electron chi connectivity index (χ2n) is 5.39. The number of hydrogen-bond donors (Lipinski definition) is 1. The van der Waals surface area contributed by atoms with Gasteiger partial charge in [0.2, 0.25) is 11.6 Å². The van der Waals surface area contributed by atoms with Crippen LogP contribution in [0, 0.1) is 21.7 Å². The highest BCUT2D eigenvalue weighted by molar-refractivity contribution is 5.78. The van der Waals surface area contributed by atoms with Crippen LogP contribution in [0.4, 0.5) is 26.0 Å². The third-order valence-corrected chi connectivity index (χ3v) is 3.72. The van der Waals surface area contributed by atoms with Gasteiger partial charge < -0.3 is 5.32 Å². The minimum Gasteiger partial charge on any atom is -0.332 e. The van der Waals surface area contributed by atoms with E-state index in [1.54, 1.807) is 24.3 Å². The number of aromatic nitrogens is 5. The van der Waals surface area contributed by atoms with Crippen molar-refractivity contribution in [3.05, 3.63) is 70.5 Å². The molecule has 1 N–H and O–H groups in total. The van der Waals surface area contributed by atoms with E-state index in [2.05, 4.69) is 25.6 Å². The molecule has 0 spiro atoms. The summed E-state index contributed by atoms with van der Waals surface area (Å²) in [7, 11) is 0. The Morgan fingerprint density at radius 3 is 2.74 bits per heavy atom. The second-order valence-corrected chi connectivity index (χ2v) is 5.39. The van der Waals surface area contributed by atoms with Crippen LogP contribution in [0.5, 0.6) is 0 Å². The summed E-state index contributed by atoms with van der Waals surface area (Å²) in [5.74, 6) is -1.98. The zero-order valence-electron chi connectivity index (χ0n) is 13.4. The lowest BCUT2D eigenvalue weighted by atomic mass is 10.3. The number of nitro groups is 1. The van der Waals surface area contributed by atoms with E-state index in [9.17, 15) is 18.9 Å². The minimum atomic E-state index is -0.794. The fraction of sp³-hybridized carbons (Fsp3) is 0.